The van der Waals surface area contributed by atoms with Gasteiger partial charge in [-0.15, -0.1) is 13.2 Å². The van der Waals surface area contributed by atoms with Gasteiger partial charge in [-0.3, -0.25) is 9.59 Å². The zero-order valence-corrected chi connectivity index (χ0v) is 12.3. The van der Waals surface area contributed by atoms with E-state index < -0.39 is 29.9 Å². The van der Waals surface area contributed by atoms with E-state index in [9.17, 15) is 22.8 Å². The van der Waals surface area contributed by atoms with Crippen molar-refractivity contribution < 1.29 is 32.6 Å². The first-order valence-corrected chi connectivity index (χ1v) is 7.06. The number of rotatable bonds is 3. The molecule has 1 N–H and O–H groups in total. The average molecular weight is 331 g/mol. The summed E-state index contributed by atoms with van der Waals surface area (Å²) in [4.78, 5) is 24.9. The van der Waals surface area contributed by atoms with Crippen LogP contribution in [0.1, 0.15) is 23.7 Å². The summed E-state index contributed by atoms with van der Waals surface area (Å²) in [5, 5.41) is 9.07. The molecule has 1 aromatic carbocycles. The Hall–Kier alpha value is -2.25. The van der Waals surface area contributed by atoms with Crippen molar-refractivity contribution in [2.24, 2.45) is 11.8 Å². The molecule has 1 aliphatic heterocycles. The van der Waals surface area contributed by atoms with E-state index in [2.05, 4.69) is 4.74 Å². The summed E-state index contributed by atoms with van der Waals surface area (Å²) in [7, 11) is 0. The molecule has 2 atom stereocenters. The smallest absolute Gasteiger partial charge is 0.481 e. The number of aliphatic carboxylic acids is 1. The number of carboxylic acid groups (broad SMARTS) is 1. The molecule has 5 nitrogen and oxygen atoms in total. The van der Waals surface area contributed by atoms with Crippen LogP contribution in [0.2, 0.25) is 0 Å². The van der Waals surface area contributed by atoms with Crippen LogP contribution in [-0.4, -0.2) is 41.3 Å². The van der Waals surface area contributed by atoms with Crippen molar-refractivity contribution in [3.8, 4) is 5.75 Å². The van der Waals surface area contributed by atoms with Crippen molar-refractivity contribution in [2.75, 3.05) is 13.1 Å². The van der Waals surface area contributed by atoms with Crippen LogP contribution in [0.15, 0.2) is 24.3 Å². The van der Waals surface area contributed by atoms with Crippen LogP contribution in [0.4, 0.5) is 13.2 Å². The van der Waals surface area contributed by atoms with Gasteiger partial charge in [-0.1, -0.05) is 19.1 Å². The third-order valence-electron chi connectivity index (χ3n) is 3.85. The second-order valence-corrected chi connectivity index (χ2v) is 5.51. The van der Waals surface area contributed by atoms with E-state index in [1.807, 2.05) is 0 Å². The molecule has 8 heteroatoms. The van der Waals surface area contributed by atoms with Crippen LogP contribution in [0.25, 0.3) is 0 Å². The maximum Gasteiger partial charge on any atom is 0.573 e. The second-order valence-electron chi connectivity index (χ2n) is 5.51. The quantitative estimate of drug-likeness (QED) is 0.925. The second kappa shape index (κ2) is 6.47. The number of amides is 1. The largest absolute Gasteiger partial charge is 0.573 e. The molecule has 0 radical (unpaired) electrons. The number of alkyl halides is 3. The minimum atomic E-state index is -4.89. The number of likely N-dealkylation sites (tertiary alicyclic amines) is 1. The molecule has 1 heterocycles. The number of halogens is 3. The Kier molecular flexibility index (Phi) is 4.82. The summed E-state index contributed by atoms with van der Waals surface area (Å²) in [6, 6.07) is 5.13. The van der Waals surface area contributed by atoms with Gasteiger partial charge in [0.25, 0.3) is 5.91 Å². The van der Waals surface area contributed by atoms with Gasteiger partial charge in [-0.2, -0.15) is 0 Å². The number of ether oxygens (including phenoxy) is 1. The van der Waals surface area contributed by atoms with Crippen LogP contribution >= 0.6 is 0 Å². The van der Waals surface area contributed by atoms with Gasteiger partial charge in [-0.05, 0) is 24.5 Å². The lowest BCUT2D eigenvalue weighted by molar-refractivity contribution is -0.274. The van der Waals surface area contributed by atoms with Crippen molar-refractivity contribution >= 4 is 11.9 Å². The first kappa shape index (κ1) is 17.1. The standard InChI is InChI=1S/C15H16F3NO4/c1-9-8-19(7-6-10(9)14(21)22)13(20)11-4-2-3-5-12(11)23-15(16,17)18/h2-5,9-10H,6-8H2,1H3,(H,21,22). The fourth-order valence-corrected chi connectivity index (χ4v) is 2.72. The molecule has 0 bridgehead atoms. The molecular weight excluding hydrogens is 315 g/mol. The molecule has 1 aromatic rings. The fourth-order valence-electron chi connectivity index (χ4n) is 2.72. The molecule has 1 amide bonds. The van der Waals surface area contributed by atoms with E-state index in [1.165, 1.54) is 23.1 Å². The Morgan fingerprint density at radius 3 is 2.52 bits per heavy atom. The summed E-state index contributed by atoms with van der Waals surface area (Å²) in [5.74, 6) is -2.91. The summed E-state index contributed by atoms with van der Waals surface area (Å²) in [6.07, 6.45) is -4.62. The van der Waals surface area contributed by atoms with Gasteiger partial charge in [0.2, 0.25) is 0 Å². The van der Waals surface area contributed by atoms with Gasteiger partial charge in [0.1, 0.15) is 5.75 Å². The van der Waals surface area contributed by atoms with E-state index in [-0.39, 0.29) is 31.0 Å². The predicted molar refractivity (Wildman–Crippen MR) is 73.9 cm³/mol. The topological polar surface area (TPSA) is 66.8 Å². The van der Waals surface area contributed by atoms with E-state index in [4.69, 9.17) is 5.11 Å². The minimum Gasteiger partial charge on any atom is -0.481 e. The van der Waals surface area contributed by atoms with Crippen molar-refractivity contribution in [1.82, 2.24) is 4.90 Å². The van der Waals surface area contributed by atoms with Gasteiger partial charge in [-0.25, -0.2) is 0 Å². The summed E-state index contributed by atoms with van der Waals surface area (Å²) in [6.45, 7) is 2.06. The Bertz CT molecular complexity index is 603. The lowest BCUT2D eigenvalue weighted by Crippen LogP contribution is -2.45. The maximum atomic E-state index is 12.5. The molecule has 1 fully saturated rings. The molecule has 23 heavy (non-hydrogen) atoms. The maximum absolute atomic E-state index is 12.5. The molecule has 1 aliphatic rings. The highest BCUT2D eigenvalue weighted by Gasteiger charge is 2.36. The zero-order chi connectivity index (χ0) is 17.2. The van der Waals surface area contributed by atoms with Crippen LogP contribution < -0.4 is 4.74 Å². The lowest BCUT2D eigenvalue weighted by Gasteiger charge is -2.35. The molecule has 0 spiro atoms. The number of hydrogen-bond acceptors (Lipinski definition) is 3. The minimum absolute atomic E-state index is 0.177. The number of hydrogen-bond donors (Lipinski definition) is 1. The molecule has 2 unspecified atom stereocenters. The van der Waals surface area contributed by atoms with Crippen LogP contribution in [0.3, 0.4) is 0 Å². The highest BCUT2D eigenvalue weighted by molar-refractivity contribution is 5.97. The molecule has 126 valence electrons. The zero-order valence-electron chi connectivity index (χ0n) is 12.3. The monoisotopic (exact) mass is 331 g/mol. The Labute approximate surface area is 130 Å². The van der Waals surface area contributed by atoms with Crippen LogP contribution in [0.5, 0.6) is 5.75 Å². The first-order chi connectivity index (χ1) is 10.7. The predicted octanol–water partition coefficient (Wildman–Crippen LogP) is 2.77. The number of nitrogens with zero attached hydrogens (tertiary/aromatic N) is 1. The van der Waals surface area contributed by atoms with Crippen LogP contribution in [-0.2, 0) is 4.79 Å². The molecule has 0 aliphatic carbocycles. The summed E-state index contributed by atoms with van der Waals surface area (Å²) in [5.41, 5.74) is -0.189. The molecule has 2 rings (SSSR count). The Morgan fingerprint density at radius 1 is 1.30 bits per heavy atom. The number of carbonyl (C=O) groups excluding carboxylic acids is 1. The van der Waals surface area contributed by atoms with Gasteiger partial charge in [0.05, 0.1) is 11.5 Å². The SMILES string of the molecule is CC1CN(C(=O)c2ccccc2OC(F)(F)F)CCC1C(=O)O. The Balaban J connectivity index is 2.17. The van der Waals surface area contributed by atoms with E-state index >= 15 is 0 Å². The third kappa shape index (κ3) is 4.14. The highest BCUT2D eigenvalue weighted by Crippen LogP contribution is 2.29. The fraction of sp³-hybridized carbons (Fsp3) is 0.467. The normalized spacial score (nSPS) is 21.8. The number of benzene rings is 1. The summed E-state index contributed by atoms with van der Waals surface area (Å²) < 4.78 is 41.1. The number of carboxylic acids is 1. The number of carbonyl (C=O) groups is 2. The molecular formula is C15H16F3NO4. The highest BCUT2D eigenvalue weighted by atomic mass is 19.4. The van der Waals surface area contributed by atoms with Gasteiger partial charge >= 0.3 is 12.3 Å². The Morgan fingerprint density at radius 2 is 1.96 bits per heavy atom. The van der Waals surface area contributed by atoms with Gasteiger partial charge in [0, 0.05) is 13.1 Å². The molecule has 0 saturated carbocycles. The van der Waals surface area contributed by atoms with Crippen molar-refractivity contribution in [3.05, 3.63) is 29.8 Å². The van der Waals surface area contributed by atoms with E-state index in [0.29, 0.717) is 0 Å². The average Bonchev–Trinajstić information content (AvgIpc) is 2.45. The third-order valence-corrected chi connectivity index (χ3v) is 3.85. The van der Waals surface area contributed by atoms with Crippen LogP contribution in [0, 0.1) is 11.8 Å². The number of piperidine rings is 1. The first-order valence-electron chi connectivity index (χ1n) is 7.06. The lowest BCUT2D eigenvalue weighted by atomic mass is 9.87. The molecule has 0 aromatic heterocycles. The van der Waals surface area contributed by atoms with Crippen molar-refractivity contribution in [1.29, 1.82) is 0 Å². The van der Waals surface area contributed by atoms with Gasteiger partial charge in [0.15, 0.2) is 0 Å². The van der Waals surface area contributed by atoms with Crippen molar-refractivity contribution in [2.45, 2.75) is 19.7 Å². The van der Waals surface area contributed by atoms with Crippen molar-refractivity contribution in [3.63, 3.8) is 0 Å². The summed E-state index contributed by atoms with van der Waals surface area (Å²) >= 11 is 0. The van der Waals surface area contributed by atoms with Gasteiger partial charge < -0.3 is 14.7 Å². The van der Waals surface area contributed by atoms with E-state index in [1.54, 1.807) is 6.92 Å². The molecule has 1 saturated heterocycles. The van der Waals surface area contributed by atoms with E-state index in [0.717, 1.165) is 6.07 Å². The number of para-hydroxylation sites is 1.